The third-order valence-electron chi connectivity index (χ3n) is 2.63. The summed E-state index contributed by atoms with van der Waals surface area (Å²) in [5, 5.41) is 11.7. The number of carboxylic acids is 1. The monoisotopic (exact) mass is 270 g/mol. The van der Waals surface area contributed by atoms with Crippen LogP contribution in [-0.2, 0) is 11.3 Å². The van der Waals surface area contributed by atoms with E-state index in [0.717, 1.165) is 0 Å². The number of carbonyl (C=O) groups excluding carboxylic acids is 1. The van der Waals surface area contributed by atoms with E-state index in [1.807, 2.05) is 4.57 Å². The van der Waals surface area contributed by atoms with E-state index in [-0.39, 0.29) is 6.03 Å². The Labute approximate surface area is 108 Å². The summed E-state index contributed by atoms with van der Waals surface area (Å²) in [5.74, 6) is -0.0808. The highest BCUT2D eigenvalue weighted by atomic mass is 32.2. The van der Waals surface area contributed by atoms with E-state index in [4.69, 9.17) is 5.11 Å². The van der Waals surface area contributed by atoms with Crippen molar-refractivity contribution in [1.82, 2.24) is 19.8 Å². The minimum absolute atomic E-state index is 0.326. The van der Waals surface area contributed by atoms with Crippen molar-refractivity contribution in [2.45, 2.75) is 12.6 Å². The van der Waals surface area contributed by atoms with Crippen LogP contribution in [0.15, 0.2) is 18.7 Å². The number of urea groups is 1. The molecule has 2 N–H and O–H groups in total. The van der Waals surface area contributed by atoms with Crippen LogP contribution >= 0.6 is 11.8 Å². The Bertz CT molecular complexity index is 423. The summed E-state index contributed by atoms with van der Waals surface area (Å²) in [7, 11) is 0. The van der Waals surface area contributed by atoms with Crippen molar-refractivity contribution in [3.63, 3.8) is 0 Å². The number of imidazole rings is 1. The van der Waals surface area contributed by atoms with Gasteiger partial charge in [0.1, 0.15) is 6.04 Å². The van der Waals surface area contributed by atoms with E-state index in [1.54, 1.807) is 18.7 Å². The van der Waals surface area contributed by atoms with Crippen molar-refractivity contribution in [1.29, 1.82) is 0 Å². The van der Waals surface area contributed by atoms with Gasteiger partial charge in [0, 0.05) is 31.2 Å². The third-order valence-corrected chi connectivity index (χ3v) is 3.65. The number of nitrogens with zero attached hydrogens (tertiary/aromatic N) is 3. The van der Waals surface area contributed by atoms with Gasteiger partial charge in [-0.15, -0.1) is 11.8 Å². The molecule has 1 atom stereocenters. The molecule has 1 fully saturated rings. The van der Waals surface area contributed by atoms with E-state index >= 15 is 0 Å². The number of aromatic nitrogens is 2. The SMILES string of the molecule is O=C(O)[C@@H]1CSCN1C(=O)NCCn1ccnc1. The predicted octanol–water partition coefficient (Wildman–Crippen LogP) is 0.0522. The average molecular weight is 270 g/mol. The van der Waals surface area contributed by atoms with Gasteiger partial charge < -0.3 is 19.9 Å². The molecule has 98 valence electrons. The number of aliphatic carboxylic acids is 1. The van der Waals surface area contributed by atoms with E-state index in [1.165, 1.54) is 16.7 Å². The molecule has 0 aromatic carbocycles. The van der Waals surface area contributed by atoms with Gasteiger partial charge in [-0.25, -0.2) is 14.6 Å². The fourth-order valence-electron chi connectivity index (χ4n) is 1.66. The number of nitrogens with one attached hydrogen (secondary N) is 1. The molecule has 18 heavy (non-hydrogen) atoms. The minimum atomic E-state index is -0.954. The summed E-state index contributed by atoms with van der Waals surface area (Å²) in [6, 6.07) is -1.05. The van der Waals surface area contributed by atoms with Crippen LogP contribution in [0.5, 0.6) is 0 Å². The Kier molecular flexibility index (Phi) is 4.08. The summed E-state index contributed by atoms with van der Waals surface area (Å²) in [5.41, 5.74) is 0. The first-order valence-electron chi connectivity index (χ1n) is 5.49. The maximum Gasteiger partial charge on any atom is 0.327 e. The maximum atomic E-state index is 11.8. The Hall–Kier alpha value is -1.70. The Morgan fingerprint density at radius 2 is 2.39 bits per heavy atom. The van der Waals surface area contributed by atoms with E-state index in [0.29, 0.717) is 24.7 Å². The molecule has 0 bridgehead atoms. The first-order chi connectivity index (χ1) is 8.68. The predicted molar refractivity (Wildman–Crippen MR) is 66.2 cm³/mol. The largest absolute Gasteiger partial charge is 0.480 e. The topological polar surface area (TPSA) is 87.5 Å². The number of carboxylic acid groups (broad SMARTS) is 1. The second-order valence-corrected chi connectivity index (χ2v) is 4.86. The molecule has 0 unspecified atom stereocenters. The van der Waals surface area contributed by atoms with Crippen LogP contribution in [0, 0.1) is 0 Å². The van der Waals surface area contributed by atoms with Gasteiger partial charge in [-0.2, -0.15) is 0 Å². The summed E-state index contributed by atoms with van der Waals surface area (Å²) < 4.78 is 1.84. The number of hydrogen-bond acceptors (Lipinski definition) is 4. The Morgan fingerprint density at radius 3 is 3.06 bits per heavy atom. The lowest BCUT2D eigenvalue weighted by Gasteiger charge is -2.20. The van der Waals surface area contributed by atoms with Crippen LogP contribution in [0.4, 0.5) is 4.79 Å². The van der Waals surface area contributed by atoms with Gasteiger partial charge >= 0.3 is 12.0 Å². The van der Waals surface area contributed by atoms with Gasteiger partial charge in [0.2, 0.25) is 0 Å². The Balaban J connectivity index is 1.79. The van der Waals surface area contributed by atoms with Crippen molar-refractivity contribution in [2.75, 3.05) is 18.2 Å². The number of carbonyl (C=O) groups is 2. The molecule has 2 rings (SSSR count). The molecule has 0 spiro atoms. The smallest absolute Gasteiger partial charge is 0.327 e. The summed E-state index contributed by atoms with van der Waals surface area (Å²) >= 11 is 1.45. The maximum absolute atomic E-state index is 11.8. The molecule has 2 amide bonds. The minimum Gasteiger partial charge on any atom is -0.480 e. The van der Waals surface area contributed by atoms with Crippen molar-refractivity contribution in [3.05, 3.63) is 18.7 Å². The van der Waals surface area contributed by atoms with Gasteiger partial charge in [0.15, 0.2) is 0 Å². The molecular weight excluding hydrogens is 256 g/mol. The number of rotatable bonds is 4. The van der Waals surface area contributed by atoms with E-state index in [9.17, 15) is 9.59 Å². The van der Waals surface area contributed by atoms with Gasteiger partial charge in [-0.3, -0.25) is 0 Å². The van der Waals surface area contributed by atoms with E-state index < -0.39 is 12.0 Å². The molecule has 1 aliphatic rings. The lowest BCUT2D eigenvalue weighted by molar-refractivity contribution is -0.140. The van der Waals surface area contributed by atoms with Crippen LogP contribution < -0.4 is 5.32 Å². The summed E-state index contributed by atoms with van der Waals surface area (Å²) in [4.78, 5) is 28.0. The van der Waals surface area contributed by atoms with Crippen molar-refractivity contribution >= 4 is 23.8 Å². The highest BCUT2D eigenvalue weighted by molar-refractivity contribution is 7.99. The van der Waals surface area contributed by atoms with Gasteiger partial charge in [0.25, 0.3) is 0 Å². The second kappa shape index (κ2) is 5.76. The van der Waals surface area contributed by atoms with Crippen molar-refractivity contribution < 1.29 is 14.7 Å². The van der Waals surface area contributed by atoms with Gasteiger partial charge in [-0.05, 0) is 0 Å². The number of amides is 2. The van der Waals surface area contributed by atoms with E-state index in [2.05, 4.69) is 10.3 Å². The summed E-state index contributed by atoms with van der Waals surface area (Å²) in [6.07, 6.45) is 5.13. The quantitative estimate of drug-likeness (QED) is 0.807. The lowest BCUT2D eigenvalue weighted by Crippen LogP contribution is -2.47. The fourth-order valence-corrected chi connectivity index (χ4v) is 2.80. The van der Waals surface area contributed by atoms with Crippen molar-refractivity contribution in [2.24, 2.45) is 0 Å². The zero-order valence-corrected chi connectivity index (χ0v) is 10.5. The van der Waals surface area contributed by atoms with Gasteiger partial charge in [0.05, 0.1) is 12.2 Å². The average Bonchev–Trinajstić information content (AvgIpc) is 2.99. The Morgan fingerprint density at radius 1 is 1.56 bits per heavy atom. The molecule has 1 aliphatic heterocycles. The molecule has 1 aromatic heterocycles. The third kappa shape index (κ3) is 2.95. The van der Waals surface area contributed by atoms with Crippen LogP contribution in [-0.4, -0.2) is 55.8 Å². The number of hydrogen-bond donors (Lipinski definition) is 2. The normalized spacial score (nSPS) is 18.9. The molecule has 0 radical (unpaired) electrons. The van der Waals surface area contributed by atoms with Crippen LogP contribution in [0.1, 0.15) is 0 Å². The van der Waals surface area contributed by atoms with Crippen molar-refractivity contribution in [3.8, 4) is 0 Å². The molecule has 0 saturated carbocycles. The van der Waals surface area contributed by atoms with Crippen LogP contribution in [0.2, 0.25) is 0 Å². The molecule has 0 aliphatic carbocycles. The highest BCUT2D eigenvalue weighted by Crippen LogP contribution is 2.20. The molecule has 7 nitrogen and oxygen atoms in total. The second-order valence-electron chi connectivity index (χ2n) is 3.86. The van der Waals surface area contributed by atoms with Gasteiger partial charge in [-0.1, -0.05) is 0 Å². The molecule has 2 heterocycles. The highest BCUT2D eigenvalue weighted by Gasteiger charge is 2.34. The first-order valence-corrected chi connectivity index (χ1v) is 6.64. The molecule has 1 aromatic rings. The zero-order valence-electron chi connectivity index (χ0n) is 9.65. The number of thioether (sulfide) groups is 1. The lowest BCUT2D eigenvalue weighted by atomic mass is 10.3. The standard InChI is InChI=1S/C10H14N4O3S/c15-9(16)8-5-18-7-14(8)10(17)12-2-4-13-3-1-11-6-13/h1,3,6,8H,2,4-5,7H2,(H,12,17)(H,15,16)/t8-/m0/s1. The summed E-state index contributed by atoms with van der Waals surface area (Å²) in [6.45, 7) is 1.06. The van der Waals surface area contributed by atoms with Crippen LogP contribution in [0.3, 0.4) is 0 Å². The first kappa shape index (κ1) is 12.7. The molecule has 8 heteroatoms. The molecule has 1 saturated heterocycles. The molecular formula is C10H14N4O3S. The van der Waals surface area contributed by atoms with Crippen LogP contribution in [0.25, 0.3) is 0 Å². The fraction of sp³-hybridized carbons (Fsp3) is 0.500. The zero-order chi connectivity index (χ0) is 13.0.